The van der Waals surface area contributed by atoms with Gasteiger partial charge in [-0.25, -0.2) is 4.79 Å². The normalized spacial score (nSPS) is 24.4. The van der Waals surface area contributed by atoms with Gasteiger partial charge in [0.15, 0.2) is 0 Å². The molecule has 0 spiro atoms. The molecule has 2 saturated carbocycles. The maximum absolute atomic E-state index is 13.0. The van der Waals surface area contributed by atoms with Crippen molar-refractivity contribution in [3.63, 3.8) is 0 Å². The minimum absolute atomic E-state index is 0.0375. The van der Waals surface area contributed by atoms with E-state index in [1.807, 2.05) is 0 Å². The van der Waals surface area contributed by atoms with Crippen LogP contribution in [0.15, 0.2) is 27.4 Å². The summed E-state index contributed by atoms with van der Waals surface area (Å²) in [5, 5.41) is 10.8. The highest BCUT2D eigenvalue weighted by molar-refractivity contribution is 7.12. The molecular weight excluding hydrogens is 384 g/mol. The van der Waals surface area contributed by atoms with Crippen molar-refractivity contribution in [2.45, 2.75) is 76.7 Å². The topological polar surface area (TPSA) is 59.7 Å². The molecule has 29 heavy (non-hydrogen) atoms. The lowest BCUT2D eigenvalue weighted by molar-refractivity contribution is -0.00187. The summed E-state index contributed by atoms with van der Waals surface area (Å²) in [6, 6.07) is 5.90. The Hall–Kier alpha value is -1.59. The van der Waals surface area contributed by atoms with Crippen LogP contribution in [0.5, 0.6) is 5.75 Å². The quantitative estimate of drug-likeness (QED) is 0.646. The van der Waals surface area contributed by atoms with Crippen molar-refractivity contribution in [2.75, 3.05) is 6.61 Å². The molecule has 5 rings (SSSR count). The lowest BCUT2D eigenvalue weighted by Crippen LogP contribution is -2.24. The van der Waals surface area contributed by atoms with Gasteiger partial charge in [0.05, 0.1) is 11.7 Å². The first kappa shape index (κ1) is 19.4. The standard InChI is InChI=1S/C24H30O4S/c1-15-5-8-20(29-15)21(16-6-7-16)22-19(25)12-18(28-23(22)26)14-24(9-10-24)13-17-4-2-3-11-27-17/h5,8,12,16-17,21,25H,2-4,6-7,9-11,13-14H2,1H3. The Kier molecular flexibility index (Phi) is 5.07. The molecule has 0 amide bonds. The molecule has 3 heterocycles. The zero-order valence-corrected chi connectivity index (χ0v) is 17.9. The summed E-state index contributed by atoms with van der Waals surface area (Å²) in [6.45, 7) is 2.95. The summed E-state index contributed by atoms with van der Waals surface area (Å²) >= 11 is 1.71. The minimum Gasteiger partial charge on any atom is -0.507 e. The Balaban J connectivity index is 1.37. The van der Waals surface area contributed by atoms with Crippen LogP contribution < -0.4 is 5.63 Å². The van der Waals surface area contributed by atoms with Gasteiger partial charge in [-0.3, -0.25) is 0 Å². The summed E-state index contributed by atoms with van der Waals surface area (Å²) in [6.07, 6.45) is 10.2. The lowest BCUT2D eigenvalue weighted by Gasteiger charge is -2.26. The van der Waals surface area contributed by atoms with Gasteiger partial charge in [0, 0.05) is 34.8 Å². The minimum atomic E-state index is -0.354. The van der Waals surface area contributed by atoms with Crippen molar-refractivity contribution in [1.82, 2.24) is 0 Å². The SMILES string of the molecule is Cc1ccc(C(c2c(O)cc(CC3(CC4CCCCO4)CC3)oc2=O)C2CC2)s1. The van der Waals surface area contributed by atoms with Gasteiger partial charge in [-0.15, -0.1) is 11.3 Å². The smallest absolute Gasteiger partial charge is 0.343 e. The molecule has 3 fully saturated rings. The number of aryl methyl sites for hydroxylation is 1. The average Bonchev–Trinajstić information content (AvgIpc) is 3.60. The van der Waals surface area contributed by atoms with E-state index in [0.717, 1.165) is 56.4 Å². The second kappa shape index (κ2) is 7.59. The fourth-order valence-electron chi connectivity index (χ4n) is 5.02. The van der Waals surface area contributed by atoms with Crippen LogP contribution in [-0.4, -0.2) is 17.8 Å². The monoisotopic (exact) mass is 414 g/mol. The molecule has 2 aliphatic carbocycles. The number of hydrogen-bond donors (Lipinski definition) is 1. The van der Waals surface area contributed by atoms with E-state index in [2.05, 4.69) is 19.1 Å². The first-order chi connectivity index (χ1) is 14.0. The maximum atomic E-state index is 13.0. The second-order valence-corrected chi connectivity index (χ2v) is 10.8. The van der Waals surface area contributed by atoms with Crippen LogP contribution in [0.25, 0.3) is 0 Å². The van der Waals surface area contributed by atoms with Gasteiger partial charge >= 0.3 is 5.63 Å². The van der Waals surface area contributed by atoms with Gasteiger partial charge in [-0.2, -0.15) is 0 Å². The van der Waals surface area contributed by atoms with Gasteiger partial charge < -0.3 is 14.3 Å². The number of rotatable bonds is 7. The van der Waals surface area contributed by atoms with Crippen LogP contribution >= 0.6 is 11.3 Å². The van der Waals surface area contributed by atoms with E-state index in [-0.39, 0.29) is 22.7 Å². The zero-order chi connectivity index (χ0) is 20.0. The number of aromatic hydroxyl groups is 1. The molecule has 0 bridgehead atoms. The van der Waals surface area contributed by atoms with Gasteiger partial charge in [0.2, 0.25) is 0 Å². The first-order valence-corrected chi connectivity index (χ1v) is 11.9. The molecule has 3 aliphatic rings. The third-order valence-corrected chi connectivity index (χ3v) is 8.01. The second-order valence-electron chi connectivity index (χ2n) is 9.43. The van der Waals surface area contributed by atoms with Crippen molar-refractivity contribution in [2.24, 2.45) is 11.3 Å². The van der Waals surface area contributed by atoms with Gasteiger partial charge in [0.25, 0.3) is 0 Å². The van der Waals surface area contributed by atoms with Crippen LogP contribution in [0.2, 0.25) is 0 Å². The van der Waals surface area contributed by atoms with E-state index in [4.69, 9.17) is 9.15 Å². The van der Waals surface area contributed by atoms with Crippen LogP contribution in [0, 0.1) is 18.3 Å². The van der Waals surface area contributed by atoms with Crippen LogP contribution in [0.3, 0.4) is 0 Å². The number of hydrogen-bond acceptors (Lipinski definition) is 5. The predicted molar refractivity (Wildman–Crippen MR) is 114 cm³/mol. The molecular formula is C24H30O4S. The molecule has 1 aliphatic heterocycles. The number of thiophene rings is 1. The summed E-state index contributed by atoms with van der Waals surface area (Å²) in [4.78, 5) is 15.4. The van der Waals surface area contributed by atoms with Crippen molar-refractivity contribution < 1.29 is 14.3 Å². The average molecular weight is 415 g/mol. The summed E-state index contributed by atoms with van der Waals surface area (Å²) in [5.41, 5.74) is 0.290. The molecule has 2 aromatic rings. The number of ether oxygens (including phenoxy) is 1. The Morgan fingerprint density at radius 2 is 2.07 bits per heavy atom. The van der Waals surface area contributed by atoms with Crippen molar-refractivity contribution in [1.29, 1.82) is 0 Å². The fourth-order valence-corrected chi connectivity index (χ4v) is 6.10. The van der Waals surface area contributed by atoms with E-state index in [1.54, 1.807) is 17.4 Å². The van der Waals surface area contributed by atoms with Gasteiger partial charge in [-0.1, -0.05) is 0 Å². The van der Waals surface area contributed by atoms with Crippen LogP contribution in [0.4, 0.5) is 0 Å². The molecule has 5 heteroatoms. The molecule has 1 saturated heterocycles. The van der Waals surface area contributed by atoms with Crippen LogP contribution in [0.1, 0.15) is 78.4 Å². The highest BCUT2D eigenvalue weighted by atomic mass is 32.1. The molecule has 0 aromatic carbocycles. The highest BCUT2D eigenvalue weighted by Gasteiger charge is 2.45. The van der Waals surface area contributed by atoms with E-state index in [9.17, 15) is 9.90 Å². The summed E-state index contributed by atoms with van der Waals surface area (Å²) in [7, 11) is 0. The predicted octanol–water partition coefficient (Wildman–Crippen LogP) is 5.54. The van der Waals surface area contributed by atoms with Crippen molar-refractivity contribution in [3.05, 3.63) is 49.7 Å². The molecule has 2 unspecified atom stereocenters. The van der Waals surface area contributed by atoms with E-state index < -0.39 is 0 Å². The van der Waals surface area contributed by atoms with Gasteiger partial charge in [-0.05, 0) is 81.8 Å². The Morgan fingerprint density at radius 3 is 2.66 bits per heavy atom. The van der Waals surface area contributed by atoms with E-state index >= 15 is 0 Å². The fraction of sp³-hybridized carbons (Fsp3) is 0.625. The molecule has 2 aromatic heterocycles. The first-order valence-electron chi connectivity index (χ1n) is 11.1. The molecule has 156 valence electrons. The van der Waals surface area contributed by atoms with E-state index in [1.165, 1.54) is 17.7 Å². The molecule has 4 nitrogen and oxygen atoms in total. The highest BCUT2D eigenvalue weighted by Crippen LogP contribution is 2.54. The molecule has 0 radical (unpaired) electrons. The third-order valence-electron chi connectivity index (χ3n) is 6.93. The Morgan fingerprint density at radius 1 is 1.24 bits per heavy atom. The molecule has 2 atom stereocenters. The van der Waals surface area contributed by atoms with Crippen molar-refractivity contribution >= 4 is 11.3 Å². The van der Waals surface area contributed by atoms with Gasteiger partial charge in [0.1, 0.15) is 11.5 Å². The van der Waals surface area contributed by atoms with E-state index in [0.29, 0.717) is 23.3 Å². The Labute approximate surface area is 175 Å². The van der Waals surface area contributed by atoms with Crippen molar-refractivity contribution in [3.8, 4) is 5.75 Å². The molecule has 1 N–H and O–H groups in total. The summed E-state index contributed by atoms with van der Waals surface area (Å²) < 4.78 is 11.7. The van der Waals surface area contributed by atoms with Crippen LogP contribution in [-0.2, 0) is 11.2 Å². The maximum Gasteiger partial charge on any atom is 0.343 e. The Bertz CT molecular complexity index is 929. The lowest BCUT2D eigenvalue weighted by atomic mass is 9.89. The largest absolute Gasteiger partial charge is 0.507 e. The zero-order valence-electron chi connectivity index (χ0n) is 17.1. The third kappa shape index (κ3) is 4.17. The summed E-state index contributed by atoms with van der Waals surface area (Å²) in [5.74, 6) is 1.14.